The van der Waals surface area contributed by atoms with Crippen molar-refractivity contribution < 1.29 is 9.53 Å². The number of thiophene rings is 1. The summed E-state index contributed by atoms with van der Waals surface area (Å²) in [6.45, 7) is 1.40. The molecule has 3 heterocycles. The van der Waals surface area contributed by atoms with Crippen molar-refractivity contribution in [3.05, 3.63) is 50.5 Å². The van der Waals surface area contributed by atoms with Gasteiger partial charge < -0.3 is 9.64 Å². The number of fused-ring (bicyclic) bond motifs is 1. The van der Waals surface area contributed by atoms with Crippen LogP contribution in [0.5, 0.6) is 5.75 Å². The molecule has 0 unspecified atom stereocenters. The maximum Gasteiger partial charge on any atom is 0.332 e. The number of amides is 1. The number of nitrogens with zero attached hydrogens (tertiary/aromatic N) is 3. The smallest absolute Gasteiger partial charge is 0.332 e. The molecule has 1 aliphatic rings. The number of rotatable bonds is 4. The standard InChI is InChI=1S/C21H23N3O4S/c1-22-19(26)18-16(14-6-8-15(28-2)9-7-14)13-29-20(18)24(21(22)27)12-17(25)23-10-4-3-5-11-23/h6-9,13H,3-5,10-12H2,1-2H3. The molecule has 2 aromatic heterocycles. The van der Waals surface area contributed by atoms with E-state index < -0.39 is 5.69 Å². The van der Waals surface area contributed by atoms with Crippen LogP contribution in [0.15, 0.2) is 39.2 Å². The lowest BCUT2D eigenvalue weighted by molar-refractivity contribution is -0.132. The van der Waals surface area contributed by atoms with Crippen LogP contribution in [0.1, 0.15) is 19.3 Å². The Balaban J connectivity index is 1.81. The topological polar surface area (TPSA) is 73.5 Å². The summed E-state index contributed by atoms with van der Waals surface area (Å²) in [4.78, 5) is 40.8. The Hall–Kier alpha value is -2.87. The summed E-state index contributed by atoms with van der Waals surface area (Å²) in [7, 11) is 3.06. The second-order valence-corrected chi connectivity index (χ2v) is 8.09. The number of likely N-dealkylation sites (tertiary alicyclic amines) is 1. The van der Waals surface area contributed by atoms with Gasteiger partial charge in [-0.15, -0.1) is 11.3 Å². The van der Waals surface area contributed by atoms with Crippen molar-refractivity contribution in [1.29, 1.82) is 0 Å². The van der Waals surface area contributed by atoms with Gasteiger partial charge >= 0.3 is 5.69 Å². The molecule has 1 aromatic carbocycles. The lowest BCUT2D eigenvalue weighted by atomic mass is 10.1. The Kier molecular flexibility index (Phi) is 5.27. The molecule has 7 nitrogen and oxygen atoms in total. The zero-order chi connectivity index (χ0) is 20.5. The number of ether oxygens (including phenoxy) is 1. The first-order valence-electron chi connectivity index (χ1n) is 9.64. The van der Waals surface area contributed by atoms with E-state index in [0.29, 0.717) is 10.2 Å². The number of piperidine rings is 1. The van der Waals surface area contributed by atoms with Crippen molar-refractivity contribution in [2.45, 2.75) is 25.8 Å². The SMILES string of the molecule is COc1ccc(-c2csc3c2c(=O)n(C)c(=O)n3CC(=O)N2CCCCC2)cc1. The van der Waals surface area contributed by atoms with Crippen LogP contribution >= 0.6 is 11.3 Å². The van der Waals surface area contributed by atoms with E-state index in [2.05, 4.69) is 0 Å². The van der Waals surface area contributed by atoms with E-state index in [-0.39, 0.29) is 18.0 Å². The Morgan fingerprint density at radius 3 is 2.45 bits per heavy atom. The third kappa shape index (κ3) is 3.48. The Morgan fingerprint density at radius 1 is 1.10 bits per heavy atom. The molecule has 0 spiro atoms. The monoisotopic (exact) mass is 413 g/mol. The van der Waals surface area contributed by atoms with Gasteiger partial charge in [-0.3, -0.25) is 18.7 Å². The lowest BCUT2D eigenvalue weighted by Crippen LogP contribution is -2.43. The second-order valence-electron chi connectivity index (χ2n) is 7.23. The molecule has 1 amide bonds. The molecule has 0 atom stereocenters. The fraction of sp³-hybridized carbons (Fsp3) is 0.381. The lowest BCUT2D eigenvalue weighted by Gasteiger charge is -2.27. The molecular weight excluding hydrogens is 390 g/mol. The molecule has 0 saturated carbocycles. The van der Waals surface area contributed by atoms with Gasteiger partial charge in [0, 0.05) is 31.1 Å². The molecule has 0 aliphatic carbocycles. The average Bonchev–Trinajstić information content (AvgIpc) is 3.20. The van der Waals surface area contributed by atoms with Crippen LogP contribution in [0, 0.1) is 0 Å². The van der Waals surface area contributed by atoms with Crippen LogP contribution in [0.2, 0.25) is 0 Å². The van der Waals surface area contributed by atoms with Gasteiger partial charge in [0.15, 0.2) is 0 Å². The van der Waals surface area contributed by atoms with Crippen LogP contribution < -0.4 is 16.0 Å². The van der Waals surface area contributed by atoms with Gasteiger partial charge in [0.2, 0.25) is 5.91 Å². The highest BCUT2D eigenvalue weighted by molar-refractivity contribution is 7.17. The van der Waals surface area contributed by atoms with Crippen LogP contribution in [0.25, 0.3) is 21.3 Å². The van der Waals surface area contributed by atoms with E-state index in [0.717, 1.165) is 53.8 Å². The highest BCUT2D eigenvalue weighted by Gasteiger charge is 2.22. The first-order valence-corrected chi connectivity index (χ1v) is 10.5. The summed E-state index contributed by atoms with van der Waals surface area (Å²) in [6, 6.07) is 7.43. The highest BCUT2D eigenvalue weighted by atomic mass is 32.1. The van der Waals surface area contributed by atoms with Gasteiger partial charge in [0.25, 0.3) is 5.56 Å². The fourth-order valence-electron chi connectivity index (χ4n) is 3.78. The van der Waals surface area contributed by atoms with Crippen molar-refractivity contribution in [3.8, 4) is 16.9 Å². The largest absolute Gasteiger partial charge is 0.497 e. The van der Waals surface area contributed by atoms with Crippen molar-refractivity contribution in [1.82, 2.24) is 14.0 Å². The van der Waals surface area contributed by atoms with Crippen LogP contribution in [-0.4, -0.2) is 40.1 Å². The molecule has 29 heavy (non-hydrogen) atoms. The number of hydrogen-bond donors (Lipinski definition) is 0. The Bertz CT molecular complexity index is 1170. The maximum absolute atomic E-state index is 12.9. The number of benzene rings is 1. The van der Waals surface area contributed by atoms with E-state index in [4.69, 9.17) is 4.74 Å². The molecule has 1 saturated heterocycles. The third-order valence-electron chi connectivity index (χ3n) is 5.46. The van der Waals surface area contributed by atoms with Gasteiger partial charge in [-0.2, -0.15) is 0 Å². The molecule has 0 radical (unpaired) electrons. The first-order chi connectivity index (χ1) is 14.0. The molecule has 1 fully saturated rings. The summed E-state index contributed by atoms with van der Waals surface area (Å²) < 4.78 is 7.73. The number of methoxy groups -OCH3 is 1. The number of carbonyl (C=O) groups is 1. The van der Waals surface area contributed by atoms with Gasteiger partial charge in [-0.25, -0.2) is 4.79 Å². The van der Waals surface area contributed by atoms with Crippen LogP contribution in [0.3, 0.4) is 0 Å². The summed E-state index contributed by atoms with van der Waals surface area (Å²) in [5.41, 5.74) is 0.809. The second kappa shape index (κ2) is 7.87. The normalized spacial score (nSPS) is 14.3. The maximum atomic E-state index is 12.9. The molecule has 1 aliphatic heterocycles. The first kappa shape index (κ1) is 19.4. The van der Waals surface area contributed by atoms with E-state index in [1.165, 1.54) is 23.0 Å². The molecule has 4 rings (SSSR count). The number of carbonyl (C=O) groups excluding carboxylic acids is 1. The zero-order valence-corrected chi connectivity index (χ0v) is 17.3. The summed E-state index contributed by atoms with van der Waals surface area (Å²) in [6.07, 6.45) is 3.11. The molecule has 0 N–H and O–H groups in total. The number of hydrogen-bond acceptors (Lipinski definition) is 5. The van der Waals surface area contributed by atoms with Crippen molar-refractivity contribution >= 4 is 27.5 Å². The average molecular weight is 413 g/mol. The quantitative estimate of drug-likeness (QED) is 0.659. The predicted molar refractivity (Wildman–Crippen MR) is 114 cm³/mol. The third-order valence-corrected chi connectivity index (χ3v) is 6.46. The minimum Gasteiger partial charge on any atom is -0.497 e. The van der Waals surface area contributed by atoms with Crippen molar-refractivity contribution in [3.63, 3.8) is 0 Å². The molecule has 3 aromatic rings. The summed E-state index contributed by atoms with van der Waals surface area (Å²) in [5.74, 6) is 0.649. The van der Waals surface area contributed by atoms with Crippen molar-refractivity contribution in [2.75, 3.05) is 20.2 Å². The van der Waals surface area contributed by atoms with Gasteiger partial charge in [-0.05, 0) is 37.0 Å². The van der Waals surface area contributed by atoms with E-state index in [9.17, 15) is 14.4 Å². The van der Waals surface area contributed by atoms with Gasteiger partial charge in [-0.1, -0.05) is 12.1 Å². The molecule has 8 heteroatoms. The molecule has 0 bridgehead atoms. The molecule has 152 valence electrons. The number of aromatic nitrogens is 2. The minimum absolute atomic E-state index is 0.0496. The van der Waals surface area contributed by atoms with Gasteiger partial charge in [0.1, 0.15) is 17.1 Å². The van der Waals surface area contributed by atoms with E-state index >= 15 is 0 Å². The van der Waals surface area contributed by atoms with Crippen molar-refractivity contribution in [2.24, 2.45) is 7.05 Å². The Morgan fingerprint density at radius 2 is 1.79 bits per heavy atom. The Labute approximate surface area is 171 Å². The molecular formula is C21H23N3O4S. The van der Waals surface area contributed by atoms with E-state index in [1.807, 2.05) is 34.5 Å². The summed E-state index contributed by atoms with van der Waals surface area (Å²) in [5, 5.41) is 2.34. The van der Waals surface area contributed by atoms with Gasteiger partial charge in [0.05, 0.1) is 12.5 Å². The minimum atomic E-state index is -0.462. The highest BCUT2D eigenvalue weighted by Crippen LogP contribution is 2.32. The van der Waals surface area contributed by atoms with Crippen LogP contribution in [0.4, 0.5) is 0 Å². The fourth-order valence-corrected chi connectivity index (χ4v) is 4.84. The predicted octanol–water partition coefficient (Wildman–Crippen LogP) is 2.45. The summed E-state index contributed by atoms with van der Waals surface area (Å²) >= 11 is 1.32. The van der Waals surface area contributed by atoms with E-state index in [1.54, 1.807) is 7.11 Å². The zero-order valence-electron chi connectivity index (χ0n) is 16.5. The van der Waals surface area contributed by atoms with Crippen LogP contribution in [-0.2, 0) is 18.4 Å².